The third kappa shape index (κ3) is 5.10. The molecular formula is C23H24N2O3S. The van der Waals surface area contributed by atoms with Crippen LogP contribution >= 0.6 is 0 Å². The lowest BCUT2D eigenvalue weighted by atomic mass is 10.1. The van der Waals surface area contributed by atoms with Crippen LogP contribution in [-0.2, 0) is 16.6 Å². The molecule has 0 bridgehead atoms. The van der Waals surface area contributed by atoms with E-state index < -0.39 is 10.0 Å². The highest BCUT2D eigenvalue weighted by molar-refractivity contribution is 7.89. The van der Waals surface area contributed by atoms with Gasteiger partial charge in [0.15, 0.2) is 0 Å². The topological polar surface area (TPSA) is 75.3 Å². The van der Waals surface area contributed by atoms with Crippen LogP contribution in [0.4, 0.5) is 5.69 Å². The van der Waals surface area contributed by atoms with Gasteiger partial charge in [-0.3, -0.25) is 4.79 Å². The average molecular weight is 409 g/mol. The third-order valence-corrected chi connectivity index (χ3v) is 6.23. The number of rotatable bonds is 6. The summed E-state index contributed by atoms with van der Waals surface area (Å²) in [7, 11) is -3.76. The van der Waals surface area contributed by atoms with Gasteiger partial charge in [-0.1, -0.05) is 48.5 Å². The Labute approximate surface area is 171 Å². The van der Waals surface area contributed by atoms with E-state index in [1.165, 1.54) is 6.07 Å². The van der Waals surface area contributed by atoms with Crippen molar-refractivity contribution in [3.63, 3.8) is 0 Å². The number of anilines is 1. The molecule has 5 nitrogen and oxygen atoms in total. The van der Waals surface area contributed by atoms with Gasteiger partial charge in [0.25, 0.3) is 5.91 Å². The number of sulfonamides is 1. The van der Waals surface area contributed by atoms with Crippen LogP contribution in [0, 0.1) is 20.8 Å². The number of hydrogen-bond donors (Lipinski definition) is 2. The van der Waals surface area contributed by atoms with Crippen molar-refractivity contribution in [3.8, 4) is 0 Å². The van der Waals surface area contributed by atoms with E-state index in [9.17, 15) is 13.2 Å². The quantitative estimate of drug-likeness (QED) is 0.637. The largest absolute Gasteiger partial charge is 0.322 e. The number of benzene rings is 3. The lowest BCUT2D eigenvalue weighted by Crippen LogP contribution is -2.24. The third-order valence-electron chi connectivity index (χ3n) is 4.69. The molecule has 0 aromatic heterocycles. The van der Waals surface area contributed by atoms with E-state index in [0.29, 0.717) is 11.3 Å². The molecule has 1 amide bonds. The number of amides is 1. The molecule has 0 aliphatic carbocycles. The first-order valence-corrected chi connectivity index (χ1v) is 10.8. The summed E-state index contributed by atoms with van der Waals surface area (Å²) in [4.78, 5) is 12.8. The van der Waals surface area contributed by atoms with E-state index in [1.807, 2.05) is 62.4 Å². The number of carbonyl (C=O) groups excluding carboxylic acids is 1. The van der Waals surface area contributed by atoms with Crippen molar-refractivity contribution in [2.24, 2.45) is 0 Å². The molecule has 3 aromatic carbocycles. The number of nitrogens with one attached hydrogen (secondary N) is 2. The number of hydrogen-bond acceptors (Lipinski definition) is 3. The molecule has 0 atom stereocenters. The Balaban J connectivity index is 1.83. The minimum atomic E-state index is -3.76. The van der Waals surface area contributed by atoms with Crippen LogP contribution in [0.5, 0.6) is 0 Å². The molecule has 0 unspecified atom stereocenters. The highest BCUT2D eigenvalue weighted by Gasteiger charge is 2.19. The Kier molecular flexibility index (Phi) is 6.15. The van der Waals surface area contributed by atoms with Gasteiger partial charge in [-0.05, 0) is 61.2 Å². The van der Waals surface area contributed by atoms with Crippen molar-refractivity contribution in [1.29, 1.82) is 0 Å². The minimum Gasteiger partial charge on any atom is -0.322 e. The molecule has 150 valence electrons. The normalized spacial score (nSPS) is 11.3. The van der Waals surface area contributed by atoms with Crippen LogP contribution in [0.25, 0.3) is 0 Å². The van der Waals surface area contributed by atoms with Gasteiger partial charge in [0.05, 0.1) is 4.90 Å². The van der Waals surface area contributed by atoms with Gasteiger partial charge < -0.3 is 5.32 Å². The SMILES string of the molecule is Cc1ccc(C)c(NC(=O)c2ccc(C)c(S(=O)(=O)NCc3ccccc3)c2)c1. The fraction of sp³-hybridized carbons (Fsp3) is 0.174. The molecule has 0 spiro atoms. The summed E-state index contributed by atoms with van der Waals surface area (Å²) >= 11 is 0. The van der Waals surface area contributed by atoms with Crippen LogP contribution in [0.1, 0.15) is 32.6 Å². The monoisotopic (exact) mass is 408 g/mol. The second-order valence-electron chi connectivity index (χ2n) is 7.06. The van der Waals surface area contributed by atoms with E-state index in [2.05, 4.69) is 10.0 Å². The molecule has 0 aliphatic rings. The molecule has 0 radical (unpaired) electrons. The predicted molar refractivity (Wildman–Crippen MR) is 116 cm³/mol. The molecule has 3 aromatic rings. The molecule has 29 heavy (non-hydrogen) atoms. The van der Waals surface area contributed by atoms with Crippen LogP contribution in [0.15, 0.2) is 71.6 Å². The Hall–Kier alpha value is -2.96. The molecule has 3 rings (SSSR count). The van der Waals surface area contributed by atoms with Crippen molar-refractivity contribution in [2.45, 2.75) is 32.2 Å². The first-order valence-electron chi connectivity index (χ1n) is 9.29. The summed E-state index contributed by atoms with van der Waals surface area (Å²) in [5, 5.41) is 2.87. The zero-order chi connectivity index (χ0) is 21.0. The average Bonchev–Trinajstić information content (AvgIpc) is 2.70. The van der Waals surface area contributed by atoms with Crippen molar-refractivity contribution >= 4 is 21.6 Å². The van der Waals surface area contributed by atoms with E-state index in [0.717, 1.165) is 16.7 Å². The predicted octanol–water partition coefficient (Wildman–Crippen LogP) is 4.34. The fourth-order valence-electron chi connectivity index (χ4n) is 2.95. The Morgan fingerprint density at radius 3 is 2.28 bits per heavy atom. The second kappa shape index (κ2) is 8.59. The summed E-state index contributed by atoms with van der Waals surface area (Å²) in [5.74, 6) is -0.349. The van der Waals surface area contributed by atoms with Gasteiger partial charge in [0, 0.05) is 17.8 Å². The van der Waals surface area contributed by atoms with Gasteiger partial charge in [0.1, 0.15) is 0 Å². The molecule has 0 heterocycles. The minimum absolute atomic E-state index is 0.0991. The van der Waals surface area contributed by atoms with Gasteiger partial charge in [-0.25, -0.2) is 13.1 Å². The number of aryl methyl sites for hydroxylation is 3. The summed E-state index contributed by atoms with van der Waals surface area (Å²) in [6.45, 7) is 5.75. The van der Waals surface area contributed by atoms with Gasteiger partial charge in [-0.15, -0.1) is 0 Å². The standard InChI is InChI=1S/C23H24N2O3S/c1-16-9-10-17(2)21(13-16)25-23(26)20-12-11-18(3)22(14-20)29(27,28)24-15-19-7-5-4-6-8-19/h4-14,24H,15H2,1-3H3,(H,25,26). The van der Waals surface area contributed by atoms with E-state index in [-0.39, 0.29) is 22.9 Å². The maximum atomic E-state index is 12.8. The molecule has 0 saturated carbocycles. The highest BCUT2D eigenvalue weighted by Crippen LogP contribution is 2.21. The van der Waals surface area contributed by atoms with Gasteiger partial charge in [-0.2, -0.15) is 0 Å². The van der Waals surface area contributed by atoms with Gasteiger partial charge in [0.2, 0.25) is 10.0 Å². The Morgan fingerprint density at radius 2 is 1.55 bits per heavy atom. The Morgan fingerprint density at radius 1 is 0.862 bits per heavy atom. The van der Waals surface area contributed by atoms with Gasteiger partial charge >= 0.3 is 0 Å². The summed E-state index contributed by atoms with van der Waals surface area (Å²) < 4.78 is 28.2. The maximum Gasteiger partial charge on any atom is 0.255 e. The molecule has 0 fully saturated rings. The molecular weight excluding hydrogens is 384 g/mol. The molecule has 0 saturated heterocycles. The van der Waals surface area contributed by atoms with E-state index in [1.54, 1.807) is 19.1 Å². The summed E-state index contributed by atoms with van der Waals surface area (Å²) in [6, 6.07) is 19.8. The van der Waals surface area contributed by atoms with E-state index in [4.69, 9.17) is 0 Å². The second-order valence-corrected chi connectivity index (χ2v) is 8.80. The lowest BCUT2D eigenvalue weighted by molar-refractivity contribution is 0.102. The first kappa shape index (κ1) is 20.8. The van der Waals surface area contributed by atoms with Crippen molar-refractivity contribution in [1.82, 2.24) is 4.72 Å². The first-order chi connectivity index (χ1) is 13.8. The zero-order valence-corrected chi connectivity index (χ0v) is 17.5. The fourth-order valence-corrected chi connectivity index (χ4v) is 4.23. The van der Waals surface area contributed by atoms with Crippen LogP contribution < -0.4 is 10.0 Å². The molecule has 2 N–H and O–H groups in total. The number of carbonyl (C=O) groups is 1. The van der Waals surface area contributed by atoms with Crippen molar-refractivity contribution < 1.29 is 13.2 Å². The summed E-state index contributed by atoms with van der Waals surface area (Å²) in [5.41, 5.74) is 4.40. The molecule has 0 aliphatic heterocycles. The lowest BCUT2D eigenvalue weighted by Gasteiger charge is -2.13. The molecule has 6 heteroatoms. The van der Waals surface area contributed by atoms with Crippen LogP contribution in [0.2, 0.25) is 0 Å². The van der Waals surface area contributed by atoms with Crippen molar-refractivity contribution in [3.05, 3.63) is 94.5 Å². The smallest absolute Gasteiger partial charge is 0.255 e. The summed E-state index contributed by atoms with van der Waals surface area (Å²) in [6.07, 6.45) is 0. The highest BCUT2D eigenvalue weighted by atomic mass is 32.2. The van der Waals surface area contributed by atoms with Crippen LogP contribution in [-0.4, -0.2) is 14.3 Å². The van der Waals surface area contributed by atoms with Crippen molar-refractivity contribution in [2.75, 3.05) is 5.32 Å². The Bertz CT molecular complexity index is 1140. The maximum absolute atomic E-state index is 12.8. The van der Waals surface area contributed by atoms with Crippen LogP contribution in [0.3, 0.4) is 0 Å². The van der Waals surface area contributed by atoms with E-state index >= 15 is 0 Å². The zero-order valence-electron chi connectivity index (χ0n) is 16.7.